The van der Waals surface area contributed by atoms with Crippen molar-refractivity contribution >= 4 is 5.82 Å². The van der Waals surface area contributed by atoms with Crippen LogP contribution in [0.4, 0.5) is 5.82 Å². The molecule has 17 heavy (non-hydrogen) atoms. The zero-order valence-corrected chi connectivity index (χ0v) is 10.4. The van der Waals surface area contributed by atoms with Crippen LogP contribution in [0.1, 0.15) is 19.3 Å². The summed E-state index contributed by atoms with van der Waals surface area (Å²) in [6.07, 6.45) is 5.62. The van der Waals surface area contributed by atoms with Gasteiger partial charge in [-0.05, 0) is 50.4 Å². The van der Waals surface area contributed by atoms with Crippen molar-refractivity contribution < 1.29 is 4.74 Å². The van der Waals surface area contributed by atoms with E-state index in [-0.39, 0.29) is 0 Å². The molecule has 1 aliphatic rings. The molecule has 0 amide bonds. The fourth-order valence-electron chi connectivity index (χ4n) is 2.25. The first kappa shape index (κ1) is 12.2. The molecule has 2 N–H and O–H groups in total. The molecule has 1 fully saturated rings. The molecule has 1 atom stereocenters. The molecule has 1 saturated heterocycles. The van der Waals surface area contributed by atoms with E-state index in [0.29, 0.717) is 0 Å². The molecular formula is C13H21N3O. The number of methoxy groups -OCH3 is 1. The van der Waals surface area contributed by atoms with Crippen LogP contribution in [0.3, 0.4) is 0 Å². The van der Waals surface area contributed by atoms with Gasteiger partial charge in [0.25, 0.3) is 0 Å². The standard InChI is InChI=1S/C13H21N3O/c1-17-12-5-3-8-15-13(12)16-9-6-11-4-2-7-14-10-11/h3,5,8,11,14H,2,4,6-7,9-10H2,1H3,(H,15,16). The lowest BCUT2D eigenvalue weighted by molar-refractivity contribution is 0.364. The summed E-state index contributed by atoms with van der Waals surface area (Å²) in [5.74, 6) is 2.46. The quantitative estimate of drug-likeness (QED) is 0.818. The number of hydrogen-bond acceptors (Lipinski definition) is 4. The number of nitrogens with one attached hydrogen (secondary N) is 2. The third-order valence-corrected chi connectivity index (χ3v) is 3.23. The first-order valence-corrected chi connectivity index (χ1v) is 6.33. The van der Waals surface area contributed by atoms with Crippen LogP contribution in [0, 0.1) is 5.92 Å². The molecule has 1 unspecified atom stereocenters. The van der Waals surface area contributed by atoms with Crippen LogP contribution in [-0.2, 0) is 0 Å². The van der Waals surface area contributed by atoms with Gasteiger partial charge in [-0.3, -0.25) is 0 Å². The van der Waals surface area contributed by atoms with Gasteiger partial charge in [-0.1, -0.05) is 0 Å². The van der Waals surface area contributed by atoms with E-state index < -0.39 is 0 Å². The molecule has 0 radical (unpaired) electrons. The van der Waals surface area contributed by atoms with E-state index in [1.165, 1.54) is 25.8 Å². The fraction of sp³-hybridized carbons (Fsp3) is 0.615. The van der Waals surface area contributed by atoms with Crippen LogP contribution in [0.25, 0.3) is 0 Å². The Morgan fingerprint density at radius 3 is 3.29 bits per heavy atom. The number of pyridine rings is 1. The SMILES string of the molecule is COc1cccnc1NCCC1CCCNC1. The van der Waals surface area contributed by atoms with Gasteiger partial charge in [-0.15, -0.1) is 0 Å². The Labute approximate surface area is 103 Å². The van der Waals surface area contributed by atoms with Crippen molar-refractivity contribution in [2.24, 2.45) is 5.92 Å². The predicted molar refractivity (Wildman–Crippen MR) is 69.5 cm³/mol. The smallest absolute Gasteiger partial charge is 0.168 e. The van der Waals surface area contributed by atoms with E-state index in [2.05, 4.69) is 15.6 Å². The predicted octanol–water partition coefficient (Wildman–Crippen LogP) is 1.89. The number of nitrogens with zero attached hydrogens (tertiary/aromatic N) is 1. The molecule has 2 heterocycles. The Balaban J connectivity index is 1.77. The van der Waals surface area contributed by atoms with Gasteiger partial charge in [0, 0.05) is 12.7 Å². The highest BCUT2D eigenvalue weighted by Gasteiger charge is 2.12. The zero-order chi connectivity index (χ0) is 11.9. The molecule has 2 rings (SSSR count). The van der Waals surface area contributed by atoms with E-state index in [4.69, 9.17) is 4.74 Å². The van der Waals surface area contributed by atoms with E-state index in [9.17, 15) is 0 Å². The molecule has 4 heteroatoms. The second-order valence-corrected chi connectivity index (χ2v) is 4.48. The second kappa shape index (κ2) is 6.45. The van der Waals surface area contributed by atoms with E-state index in [0.717, 1.165) is 30.6 Å². The van der Waals surface area contributed by atoms with Crippen molar-refractivity contribution in [2.75, 3.05) is 32.1 Å². The van der Waals surface area contributed by atoms with Gasteiger partial charge in [-0.25, -0.2) is 4.98 Å². The highest BCUT2D eigenvalue weighted by molar-refractivity contribution is 5.49. The molecule has 94 valence electrons. The fourth-order valence-corrected chi connectivity index (χ4v) is 2.25. The maximum absolute atomic E-state index is 5.25. The van der Waals surface area contributed by atoms with Crippen LogP contribution in [0.15, 0.2) is 18.3 Å². The molecule has 1 aromatic heterocycles. The van der Waals surface area contributed by atoms with Crippen molar-refractivity contribution in [2.45, 2.75) is 19.3 Å². The van der Waals surface area contributed by atoms with Crippen LogP contribution in [0.2, 0.25) is 0 Å². The second-order valence-electron chi connectivity index (χ2n) is 4.48. The van der Waals surface area contributed by atoms with Gasteiger partial charge in [0.1, 0.15) is 0 Å². The third kappa shape index (κ3) is 3.60. The summed E-state index contributed by atoms with van der Waals surface area (Å²) in [5.41, 5.74) is 0. The average Bonchev–Trinajstić information content (AvgIpc) is 2.40. The average molecular weight is 235 g/mol. The minimum absolute atomic E-state index is 0.797. The Morgan fingerprint density at radius 1 is 1.59 bits per heavy atom. The molecular weight excluding hydrogens is 214 g/mol. The number of rotatable bonds is 5. The van der Waals surface area contributed by atoms with Gasteiger partial charge in [0.15, 0.2) is 11.6 Å². The molecule has 0 spiro atoms. The molecule has 1 aromatic rings. The number of piperidine rings is 1. The first-order chi connectivity index (χ1) is 8.40. The summed E-state index contributed by atoms with van der Waals surface area (Å²) in [6, 6.07) is 3.81. The summed E-state index contributed by atoms with van der Waals surface area (Å²) in [4.78, 5) is 4.28. The largest absolute Gasteiger partial charge is 0.493 e. The molecule has 1 aliphatic heterocycles. The van der Waals surface area contributed by atoms with Crippen molar-refractivity contribution in [3.63, 3.8) is 0 Å². The summed E-state index contributed by atoms with van der Waals surface area (Å²) in [5, 5.41) is 6.79. The molecule has 0 bridgehead atoms. The summed E-state index contributed by atoms with van der Waals surface area (Å²) >= 11 is 0. The normalized spacial score (nSPS) is 19.9. The minimum Gasteiger partial charge on any atom is -0.493 e. The number of ether oxygens (including phenoxy) is 1. The Morgan fingerprint density at radius 2 is 2.53 bits per heavy atom. The van der Waals surface area contributed by atoms with Crippen LogP contribution >= 0.6 is 0 Å². The van der Waals surface area contributed by atoms with Crippen molar-refractivity contribution in [1.82, 2.24) is 10.3 Å². The zero-order valence-electron chi connectivity index (χ0n) is 10.4. The summed E-state index contributed by atoms with van der Waals surface area (Å²) in [7, 11) is 1.67. The Hall–Kier alpha value is -1.29. The van der Waals surface area contributed by atoms with E-state index in [1.54, 1.807) is 13.3 Å². The van der Waals surface area contributed by atoms with Crippen LogP contribution in [-0.4, -0.2) is 31.7 Å². The van der Waals surface area contributed by atoms with Gasteiger partial charge in [0.2, 0.25) is 0 Å². The van der Waals surface area contributed by atoms with Crippen molar-refractivity contribution in [1.29, 1.82) is 0 Å². The summed E-state index contributed by atoms with van der Waals surface area (Å²) in [6.45, 7) is 3.29. The molecule has 4 nitrogen and oxygen atoms in total. The van der Waals surface area contributed by atoms with Crippen LogP contribution < -0.4 is 15.4 Å². The minimum atomic E-state index is 0.797. The molecule has 0 aliphatic carbocycles. The molecule has 0 saturated carbocycles. The first-order valence-electron chi connectivity index (χ1n) is 6.33. The van der Waals surface area contributed by atoms with Gasteiger partial charge < -0.3 is 15.4 Å². The van der Waals surface area contributed by atoms with Gasteiger partial charge >= 0.3 is 0 Å². The highest BCUT2D eigenvalue weighted by Crippen LogP contribution is 2.20. The lowest BCUT2D eigenvalue weighted by atomic mass is 9.96. The third-order valence-electron chi connectivity index (χ3n) is 3.23. The lowest BCUT2D eigenvalue weighted by Crippen LogP contribution is -2.30. The molecule has 0 aromatic carbocycles. The van der Waals surface area contributed by atoms with Crippen molar-refractivity contribution in [3.05, 3.63) is 18.3 Å². The maximum atomic E-state index is 5.25. The maximum Gasteiger partial charge on any atom is 0.168 e. The van der Waals surface area contributed by atoms with E-state index >= 15 is 0 Å². The summed E-state index contributed by atoms with van der Waals surface area (Å²) < 4.78 is 5.25. The number of anilines is 1. The Kier molecular flexibility index (Phi) is 4.62. The van der Waals surface area contributed by atoms with Crippen LogP contribution in [0.5, 0.6) is 5.75 Å². The number of hydrogen-bond donors (Lipinski definition) is 2. The van der Waals surface area contributed by atoms with Gasteiger partial charge in [-0.2, -0.15) is 0 Å². The highest BCUT2D eigenvalue weighted by atomic mass is 16.5. The van der Waals surface area contributed by atoms with Gasteiger partial charge in [0.05, 0.1) is 7.11 Å². The lowest BCUT2D eigenvalue weighted by Gasteiger charge is -2.22. The monoisotopic (exact) mass is 235 g/mol. The Bertz CT molecular complexity index is 337. The topological polar surface area (TPSA) is 46.2 Å². The number of aromatic nitrogens is 1. The van der Waals surface area contributed by atoms with E-state index in [1.807, 2.05) is 12.1 Å². The van der Waals surface area contributed by atoms with Crippen molar-refractivity contribution in [3.8, 4) is 5.75 Å².